The number of hydrogen-bond acceptors (Lipinski definition) is 2. The van der Waals surface area contributed by atoms with E-state index in [2.05, 4.69) is 4.98 Å². The Balaban J connectivity index is 2.46. The highest BCUT2D eigenvalue weighted by Crippen LogP contribution is 2.23. The lowest BCUT2D eigenvalue weighted by Crippen LogP contribution is -2.20. The van der Waals surface area contributed by atoms with Crippen LogP contribution in [0.3, 0.4) is 0 Å². The highest BCUT2D eigenvalue weighted by atomic mass is 19.4. The predicted molar refractivity (Wildman–Crippen MR) is 63.9 cm³/mol. The molecule has 104 valence electrons. The van der Waals surface area contributed by atoms with Gasteiger partial charge >= 0.3 is 6.18 Å². The first-order valence-corrected chi connectivity index (χ1v) is 6.13. The summed E-state index contributed by atoms with van der Waals surface area (Å²) in [6, 6.07) is -0.130. The second kappa shape index (κ2) is 6.22. The Bertz CT molecular complexity index is 358. The van der Waals surface area contributed by atoms with Crippen LogP contribution in [0.4, 0.5) is 13.2 Å². The zero-order valence-corrected chi connectivity index (χ0v) is 10.7. The quantitative estimate of drug-likeness (QED) is 0.800. The van der Waals surface area contributed by atoms with Gasteiger partial charge in [-0.1, -0.05) is 13.8 Å². The number of nitrogens with two attached hydrogens (primary N) is 1. The molecule has 3 nitrogen and oxygen atoms in total. The molecule has 2 N–H and O–H groups in total. The normalized spacial score (nSPS) is 14.2. The first-order chi connectivity index (χ1) is 8.31. The van der Waals surface area contributed by atoms with Gasteiger partial charge in [-0.15, -0.1) is 0 Å². The molecule has 0 fully saturated rings. The smallest absolute Gasteiger partial charge is 0.333 e. The van der Waals surface area contributed by atoms with Crippen molar-refractivity contribution in [3.63, 3.8) is 0 Å². The number of nitrogens with zero attached hydrogens (tertiary/aromatic N) is 2. The molecule has 0 aliphatic rings. The summed E-state index contributed by atoms with van der Waals surface area (Å²) in [5.74, 6) is 0.274. The van der Waals surface area contributed by atoms with Crippen molar-refractivity contribution < 1.29 is 13.2 Å². The van der Waals surface area contributed by atoms with Crippen molar-refractivity contribution in [1.82, 2.24) is 9.55 Å². The molecule has 1 rings (SSSR count). The molecule has 0 radical (unpaired) electrons. The number of unbranched alkanes of at least 4 members (excludes halogenated alkanes) is 1. The second-order valence-electron chi connectivity index (χ2n) is 4.85. The van der Waals surface area contributed by atoms with E-state index < -0.39 is 12.6 Å². The largest absolute Gasteiger partial charge is 0.389 e. The summed E-state index contributed by atoms with van der Waals surface area (Å²) in [7, 11) is 0. The van der Waals surface area contributed by atoms with Gasteiger partial charge < -0.3 is 10.3 Å². The van der Waals surface area contributed by atoms with Gasteiger partial charge in [0.05, 0.1) is 12.0 Å². The number of alkyl halides is 3. The molecule has 0 amide bonds. The third kappa shape index (κ3) is 4.68. The molecular weight excluding hydrogens is 243 g/mol. The SMILES string of the molecule is CC(C)C(N)c1cncn1CCCCC(F)(F)F. The van der Waals surface area contributed by atoms with E-state index in [-0.39, 0.29) is 18.4 Å². The average Bonchev–Trinajstić information content (AvgIpc) is 2.70. The van der Waals surface area contributed by atoms with E-state index in [9.17, 15) is 13.2 Å². The summed E-state index contributed by atoms with van der Waals surface area (Å²) in [5.41, 5.74) is 6.90. The molecule has 0 aliphatic heterocycles. The maximum Gasteiger partial charge on any atom is 0.389 e. The minimum Gasteiger partial charge on any atom is -0.333 e. The zero-order valence-electron chi connectivity index (χ0n) is 10.7. The van der Waals surface area contributed by atoms with Crippen molar-refractivity contribution in [2.24, 2.45) is 11.7 Å². The standard InChI is InChI=1S/C12H20F3N3/c1-9(2)11(16)10-7-17-8-18(10)6-4-3-5-12(13,14)15/h7-9,11H,3-6,16H2,1-2H3. The second-order valence-corrected chi connectivity index (χ2v) is 4.85. The molecule has 6 heteroatoms. The summed E-state index contributed by atoms with van der Waals surface area (Å²) in [5, 5.41) is 0. The highest BCUT2D eigenvalue weighted by Gasteiger charge is 2.25. The van der Waals surface area contributed by atoms with Crippen LogP contribution < -0.4 is 5.73 Å². The zero-order chi connectivity index (χ0) is 13.8. The molecule has 18 heavy (non-hydrogen) atoms. The fourth-order valence-corrected chi connectivity index (χ4v) is 1.74. The van der Waals surface area contributed by atoms with Gasteiger partial charge in [-0.25, -0.2) is 4.98 Å². The Labute approximate surface area is 105 Å². The van der Waals surface area contributed by atoms with E-state index in [0.29, 0.717) is 13.0 Å². The fraction of sp³-hybridized carbons (Fsp3) is 0.750. The molecular formula is C12H20F3N3. The van der Waals surface area contributed by atoms with Gasteiger partial charge in [0, 0.05) is 25.2 Å². The van der Waals surface area contributed by atoms with Crippen molar-refractivity contribution in [1.29, 1.82) is 0 Å². The first-order valence-electron chi connectivity index (χ1n) is 6.13. The van der Waals surface area contributed by atoms with Gasteiger partial charge in [0.2, 0.25) is 0 Å². The summed E-state index contributed by atoms with van der Waals surface area (Å²) >= 11 is 0. The van der Waals surface area contributed by atoms with E-state index in [0.717, 1.165) is 5.69 Å². The van der Waals surface area contributed by atoms with Gasteiger partial charge in [-0.2, -0.15) is 13.2 Å². The lowest BCUT2D eigenvalue weighted by molar-refractivity contribution is -0.135. The number of aryl methyl sites for hydroxylation is 1. The lowest BCUT2D eigenvalue weighted by atomic mass is 10.0. The fourth-order valence-electron chi connectivity index (χ4n) is 1.74. The highest BCUT2D eigenvalue weighted by molar-refractivity contribution is 5.05. The van der Waals surface area contributed by atoms with Crippen LogP contribution in [0.5, 0.6) is 0 Å². The van der Waals surface area contributed by atoms with Gasteiger partial charge in [0.1, 0.15) is 0 Å². The summed E-state index contributed by atoms with van der Waals surface area (Å²) < 4.78 is 37.8. The van der Waals surface area contributed by atoms with E-state index in [1.54, 1.807) is 12.5 Å². The molecule has 1 atom stereocenters. The summed E-state index contributed by atoms with van der Waals surface area (Å²) in [6.45, 7) is 4.54. The lowest BCUT2D eigenvalue weighted by Gasteiger charge is -2.17. The maximum absolute atomic E-state index is 12.0. The van der Waals surface area contributed by atoms with Crippen LogP contribution in [0.1, 0.15) is 44.8 Å². The Kier molecular flexibility index (Phi) is 5.19. The van der Waals surface area contributed by atoms with Gasteiger partial charge in [0.15, 0.2) is 0 Å². The number of rotatable bonds is 6. The van der Waals surface area contributed by atoms with Crippen LogP contribution in [0.25, 0.3) is 0 Å². The van der Waals surface area contributed by atoms with Gasteiger partial charge in [-0.3, -0.25) is 0 Å². The minimum atomic E-state index is -4.06. The molecule has 0 spiro atoms. The molecule has 0 saturated heterocycles. The monoisotopic (exact) mass is 263 g/mol. The Hall–Kier alpha value is -1.04. The number of aromatic nitrogens is 2. The van der Waals surface area contributed by atoms with E-state index >= 15 is 0 Å². The van der Waals surface area contributed by atoms with Crippen molar-refractivity contribution in [3.8, 4) is 0 Å². The van der Waals surface area contributed by atoms with Crippen LogP contribution in [-0.2, 0) is 6.54 Å². The van der Waals surface area contributed by atoms with Crippen molar-refractivity contribution in [2.45, 2.75) is 51.9 Å². The molecule has 0 saturated carbocycles. The third-order valence-corrected chi connectivity index (χ3v) is 2.91. The molecule has 1 heterocycles. The van der Waals surface area contributed by atoms with Crippen LogP contribution >= 0.6 is 0 Å². The van der Waals surface area contributed by atoms with Crippen molar-refractivity contribution in [3.05, 3.63) is 18.2 Å². The summed E-state index contributed by atoms with van der Waals surface area (Å²) in [4.78, 5) is 4.01. The van der Waals surface area contributed by atoms with Gasteiger partial charge in [0.25, 0.3) is 0 Å². The molecule has 0 aliphatic carbocycles. The van der Waals surface area contributed by atoms with Gasteiger partial charge in [-0.05, 0) is 18.8 Å². The van der Waals surface area contributed by atoms with Crippen LogP contribution in [-0.4, -0.2) is 15.7 Å². The minimum absolute atomic E-state index is 0.130. The Morgan fingerprint density at radius 2 is 2.00 bits per heavy atom. The topological polar surface area (TPSA) is 43.8 Å². The Morgan fingerprint density at radius 3 is 2.56 bits per heavy atom. The Morgan fingerprint density at radius 1 is 1.33 bits per heavy atom. The van der Waals surface area contributed by atoms with Crippen molar-refractivity contribution in [2.75, 3.05) is 0 Å². The van der Waals surface area contributed by atoms with E-state index in [1.807, 2.05) is 18.4 Å². The average molecular weight is 263 g/mol. The predicted octanol–water partition coefficient (Wildman–Crippen LogP) is 3.27. The maximum atomic E-state index is 12.0. The number of imidazole rings is 1. The number of halogens is 3. The third-order valence-electron chi connectivity index (χ3n) is 2.91. The molecule has 0 bridgehead atoms. The van der Waals surface area contributed by atoms with Crippen LogP contribution in [0.15, 0.2) is 12.5 Å². The first kappa shape index (κ1) is 15.0. The van der Waals surface area contributed by atoms with Crippen LogP contribution in [0, 0.1) is 5.92 Å². The number of hydrogen-bond donors (Lipinski definition) is 1. The van der Waals surface area contributed by atoms with Crippen molar-refractivity contribution >= 4 is 0 Å². The molecule has 1 unspecified atom stereocenters. The molecule has 1 aromatic heterocycles. The molecule has 0 aromatic carbocycles. The van der Waals surface area contributed by atoms with E-state index in [4.69, 9.17) is 5.73 Å². The van der Waals surface area contributed by atoms with E-state index in [1.165, 1.54) is 0 Å². The van der Waals surface area contributed by atoms with Crippen LogP contribution in [0.2, 0.25) is 0 Å². The summed E-state index contributed by atoms with van der Waals surface area (Å²) in [6.07, 6.45) is -0.856. The molecule has 1 aromatic rings.